The maximum Gasteiger partial charge on any atom is 0.146 e. The van der Waals surface area contributed by atoms with Gasteiger partial charge in [-0.05, 0) is 81.7 Å². The lowest BCUT2D eigenvalue weighted by Crippen LogP contribution is -2.51. The normalized spacial score (nSPS) is 22.1. The first-order chi connectivity index (χ1) is 14.1. The van der Waals surface area contributed by atoms with Gasteiger partial charge in [0.25, 0.3) is 0 Å². The van der Waals surface area contributed by atoms with Crippen molar-refractivity contribution in [3.8, 4) is 0 Å². The summed E-state index contributed by atoms with van der Waals surface area (Å²) in [7, 11) is 1.91. The van der Waals surface area contributed by atoms with Crippen LogP contribution in [0.2, 0.25) is 0 Å². The van der Waals surface area contributed by atoms with E-state index in [0.717, 1.165) is 37.0 Å². The minimum Gasteiger partial charge on any atom is -0.290 e. The predicted molar refractivity (Wildman–Crippen MR) is 126 cm³/mol. The molecule has 2 atom stereocenters. The van der Waals surface area contributed by atoms with E-state index in [1.807, 2.05) is 12.1 Å². The van der Waals surface area contributed by atoms with Gasteiger partial charge in [-0.1, -0.05) is 44.0 Å². The Labute approximate surface area is 177 Å². The van der Waals surface area contributed by atoms with Crippen LogP contribution >= 0.6 is 0 Å². The SMILES string of the molecule is C=NN(C(=NC)C(C1=CC[C@@H](CC)CC1)N1CCCCC1)c1c(C)cccc1C. The number of piperidine rings is 1. The Kier molecular flexibility index (Phi) is 7.65. The number of likely N-dealkylation sites (tertiary alicyclic amines) is 1. The topological polar surface area (TPSA) is 31.2 Å². The van der Waals surface area contributed by atoms with Gasteiger partial charge in [0.1, 0.15) is 5.84 Å². The molecule has 0 aromatic heterocycles. The number of rotatable bonds is 6. The average Bonchev–Trinajstić information content (AvgIpc) is 2.76. The lowest BCUT2D eigenvalue weighted by Gasteiger charge is -2.40. The van der Waals surface area contributed by atoms with Crippen molar-refractivity contribution in [2.75, 3.05) is 25.1 Å². The number of benzene rings is 1. The number of aryl methyl sites for hydroxylation is 2. The number of para-hydroxylation sites is 1. The minimum absolute atomic E-state index is 0.197. The van der Waals surface area contributed by atoms with E-state index in [1.165, 1.54) is 55.2 Å². The highest BCUT2D eigenvalue weighted by molar-refractivity contribution is 6.04. The van der Waals surface area contributed by atoms with E-state index in [1.54, 1.807) is 0 Å². The number of hydrazone groups is 1. The molecule has 1 aliphatic heterocycles. The Morgan fingerprint density at radius 2 is 1.90 bits per heavy atom. The number of allylic oxidation sites excluding steroid dienone is 1. The van der Waals surface area contributed by atoms with Crippen molar-refractivity contribution in [3.05, 3.63) is 41.0 Å². The molecule has 1 aromatic rings. The molecule has 4 nitrogen and oxygen atoms in total. The quantitative estimate of drug-likeness (QED) is 0.266. The van der Waals surface area contributed by atoms with Crippen LogP contribution in [0, 0.1) is 19.8 Å². The predicted octanol–water partition coefficient (Wildman–Crippen LogP) is 5.74. The van der Waals surface area contributed by atoms with Crippen LogP contribution in [0.3, 0.4) is 0 Å². The van der Waals surface area contributed by atoms with Gasteiger partial charge < -0.3 is 0 Å². The van der Waals surface area contributed by atoms with Gasteiger partial charge in [0.05, 0.1) is 11.7 Å². The fourth-order valence-corrected chi connectivity index (χ4v) is 5.00. The van der Waals surface area contributed by atoms with E-state index in [2.05, 4.69) is 61.8 Å². The molecule has 1 fully saturated rings. The highest BCUT2D eigenvalue weighted by Gasteiger charge is 2.34. The molecule has 1 aliphatic carbocycles. The Morgan fingerprint density at radius 1 is 1.21 bits per heavy atom. The van der Waals surface area contributed by atoms with Crippen LogP contribution in [-0.2, 0) is 0 Å². The van der Waals surface area contributed by atoms with Crippen molar-refractivity contribution >= 4 is 18.2 Å². The standard InChI is InChI=1S/C25H38N4/c1-6-21-13-15-22(16-14-21)24(28-17-8-7-9-18-28)25(26-4)29(27-5)23-19(2)11-10-12-20(23)3/h10-12,15,21,24H,5-9,13-14,16-18H2,1-4H3/t21-,24?/m1/s1. The molecule has 1 unspecified atom stereocenters. The monoisotopic (exact) mass is 394 g/mol. The summed E-state index contributed by atoms with van der Waals surface area (Å²) in [4.78, 5) is 7.47. The zero-order valence-corrected chi connectivity index (χ0v) is 18.8. The molecular formula is C25H38N4. The first-order valence-electron chi connectivity index (χ1n) is 11.3. The van der Waals surface area contributed by atoms with Gasteiger partial charge >= 0.3 is 0 Å². The third kappa shape index (κ3) is 4.80. The molecule has 4 heteroatoms. The summed E-state index contributed by atoms with van der Waals surface area (Å²) in [5, 5.41) is 6.50. The average molecular weight is 395 g/mol. The second-order valence-electron chi connectivity index (χ2n) is 8.60. The number of anilines is 1. The van der Waals surface area contributed by atoms with Gasteiger partial charge in [0.15, 0.2) is 0 Å². The molecule has 0 saturated carbocycles. The zero-order valence-electron chi connectivity index (χ0n) is 18.8. The molecule has 158 valence electrons. The van der Waals surface area contributed by atoms with Crippen LogP contribution in [0.1, 0.15) is 63.0 Å². The molecule has 3 rings (SSSR count). The van der Waals surface area contributed by atoms with E-state index in [-0.39, 0.29) is 6.04 Å². The number of nitrogens with zero attached hydrogens (tertiary/aromatic N) is 4. The Hall–Kier alpha value is -1.94. The summed E-state index contributed by atoms with van der Waals surface area (Å²) < 4.78 is 0. The minimum atomic E-state index is 0.197. The smallest absolute Gasteiger partial charge is 0.146 e. The fourth-order valence-electron chi connectivity index (χ4n) is 5.00. The van der Waals surface area contributed by atoms with E-state index in [4.69, 9.17) is 4.99 Å². The summed E-state index contributed by atoms with van der Waals surface area (Å²) in [6.07, 6.45) is 11.3. The molecule has 1 saturated heterocycles. The Morgan fingerprint density at radius 3 is 2.41 bits per heavy atom. The van der Waals surface area contributed by atoms with E-state index < -0.39 is 0 Å². The van der Waals surface area contributed by atoms with Crippen LogP contribution in [0.25, 0.3) is 0 Å². The van der Waals surface area contributed by atoms with Gasteiger partial charge in [-0.2, -0.15) is 5.10 Å². The third-order valence-electron chi connectivity index (χ3n) is 6.72. The highest BCUT2D eigenvalue weighted by Crippen LogP contribution is 2.34. The van der Waals surface area contributed by atoms with Crippen LogP contribution in [0.5, 0.6) is 0 Å². The summed E-state index contributed by atoms with van der Waals surface area (Å²) >= 11 is 0. The largest absolute Gasteiger partial charge is 0.290 e. The Bertz CT molecular complexity index is 738. The maximum absolute atomic E-state index is 4.83. The summed E-state index contributed by atoms with van der Waals surface area (Å²) in [6.45, 7) is 12.8. The summed E-state index contributed by atoms with van der Waals surface area (Å²) in [6, 6.07) is 6.60. The summed E-state index contributed by atoms with van der Waals surface area (Å²) in [5.74, 6) is 1.84. The zero-order chi connectivity index (χ0) is 20.8. The summed E-state index contributed by atoms with van der Waals surface area (Å²) in [5.41, 5.74) is 5.06. The Balaban J connectivity index is 2.02. The molecule has 1 heterocycles. The van der Waals surface area contributed by atoms with E-state index >= 15 is 0 Å². The molecule has 0 radical (unpaired) electrons. The van der Waals surface area contributed by atoms with E-state index in [0.29, 0.717) is 0 Å². The lowest BCUT2D eigenvalue weighted by atomic mass is 9.84. The van der Waals surface area contributed by atoms with Gasteiger partial charge in [-0.3, -0.25) is 9.89 Å². The van der Waals surface area contributed by atoms with Gasteiger partial charge in [-0.15, -0.1) is 0 Å². The number of hydrogen-bond donors (Lipinski definition) is 0. The lowest BCUT2D eigenvalue weighted by molar-refractivity contribution is 0.212. The number of amidine groups is 1. The molecule has 0 spiro atoms. The van der Waals surface area contributed by atoms with Crippen molar-refractivity contribution in [2.45, 2.75) is 71.8 Å². The second kappa shape index (κ2) is 10.2. The van der Waals surface area contributed by atoms with Crippen molar-refractivity contribution in [3.63, 3.8) is 0 Å². The van der Waals surface area contributed by atoms with Gasteiger partial charge in [0.2, 0.25) is 0 Å². The molecule has 1 aromatic carbocycles. The molecular weight excluding hydrogens is 356 g/mol. The first kappa shape index (κ1) is 21.8. The van der Waals surface area contributed by atoms with Crippen LogP contribution in [0.15, 0.2) is 39.9 Å². The van der Waals surface area contributed by atoms with Crippen molar-refractivity contribution in [1.82, 2.24) is 4.90 Å². The molecule has 0 bridgehead atoms. The van der Waals surface area contributed by atoms with Crippen LogP contribution in [-0.4, -0.2) is 43.6 Å². The van der Waals surface area contributed by atoms with Crippen molar-refractivity contribution in [1.29, 1.82) is 0 Å². The molecule has 0 amide bonds. The molecule has 0 N–H and O–H groups in total. The molecule has 29 heavy (non-hydrogen) atoms. The maximum atomic E-state index is 4.83. The number of hydrogen-bond acceptors (Lipinski definition) is 3. The fraction of sp³-hybridized carbons (Fsp3) is 0.600. The molecule has 2 aliphatic rings. The van der Waals surface area contributed by atoms with Crippen molar-refractivity contribution in [2.24, 2.45) is 16.0 Å². The van der Waals surface area contributed by atoms with E-state index in [9.17, 15) is 0 Å². The highest BCUT2D eigenvalue weighted by atomic mass is 15.5. The van der Waals surface area contributed by atoms with Crippen LogP contribution in [0.4, 0.5) is 5.69 Å². The van der Waals surface area contributed by atoms with Gasteiger partial charge in [-0.25, -0.2) is 5.01 Å². The first-order valence-corrected chi connectivity index (χ1v) is 11.3. The van der Waals surface area contributed by atoms with Crippen molar-refractivity contribution < 1.29 is 0 Å². The third-order valence-corrected chi connectivity index (χ3v) is 6.72. The van der Waals surface area contributed by atoms with Crippen LogP contribution < -0.4 is 5.01 Å². The second-order valence-corrected chi connectivity index (χ2v) is 8.60. The number of aliphatic imine (C=N–C) groups is 1. The van der Waals surface area contributed by atoms with Gasteiger partial charge in [0, 0.05) is 13.8 Å².